The van der Waals surface area contributed by atoms with Crippen molar-refractivity contribution < 1.29 is 9.53 Å². The molecule has 0 aliphatic carbocycles. The van der Waals surface area contributed by atoms with Crippen LogP contribution in [-0.4, -0.2) is 55.1 Å². The van der Waals surface area contributed by atoms with Crippen LogP contribution >= 0.6 is 0 Å². The summed E-state index contributed by atoms with van der Waals surface area (Å²) in [5.41, 5.74) is 3.73. The monoisotopic (exact) mass is 362 g/mol. The molecule has 140 valence electrons. The zero-order chi connectivity index (χ0) is 18.5. The lowest BCUT2D eigenvalue weighted by atomic mass is 9.96. The molecule has 1 fully saturated rings. The van der Waals surface area contributed by atoms with Crippen LogP contribution in [0.15, 0.2) is 66.7 Å². The lowest BCUT2D eigenvalue weighted by Crippen LogP contribution is -2.48. The van der Waals surface area contributed by atoms with E-state index in [1.54, 1.807) is 0 Å². The Hall–Kier alpha value is -2.43. The van der Waals surface area contributed by atoms with Crippen molar-refractivity contribution in [2.75, 3.05) is 39.4 Å². The summed E-state index contributed by atoms with van der Waals surface area (Å²) in [6.45, 7) is 4.30. The van der Waals surface area contributed by atoms with Gasteiger partial charge in [0.1, 0.15) is 6.04 Å². The molecule has 2 aliphatic rings. The molecule has 1 atom stereocenters. The highest BCUT2D eigenvalue weighted by Gasteiger charge is 2.32. The van der Waals surface area contributed by atoms with Crippen molar-refractivity contribution in [2.24, 2.45) is 0 Å². The number of ether oxygens (including phenoxy) is 1. The van der Waals surface area contributed by atoms with E-state index >= 15 is 0 Å². The Morgan fingerprint density at radius 1 is 0.889 bits per heavy atom. The minimum absolute atomic E-state index is 0.195. The van der Waals surface area contributed by atoms with Crippen LogP contribution in [0.3, 0.4) is 0 Å². The zero-order valence-corrected chi connectivity index (χ0v) is 15.6. The first kappa shape index (κ1) is 18.0. The first-order chi connectivity index (χ1) is 13.3. The minimum atomic E-state index is -0.224. The molecule has 4 nitrogen and oxygen atoms in total. The van der Waals surface area contributed by atoms with Crippen LogP contribution in [0.2, 0.25) is 0 Å². The Bertz CT molecular complexity index is 783. The van der Waals surface area contributed by atoms with E-state index in [0.29, 0.717) is 26.3 Å². The number of benzene rings is 2. The molecule has 4 heteroatoms. The highest BCUT2D eigenvalue weighted by atomic mass is 16.5. The number of carbonyl (C=O) groups is 1. The van der Waals surface area contributed by atoms with E-state index in [1.807, 2.05) is 29.2 Å². The number of rotatable bonds is 4. The second-order valence-electron chi connectivity index (χ2n) is 7.09. The van der Waals surface area contributed by atoms with E-state index in [0.717, 1.165) is 25.1 Å². The van der Waals surface area contributed by atoms with Gasteiger partial charge in [-0.05, 0) is 23.1 Å². The van der Waals surface area contributed by atoms with Crippen molar-refractivity contribution in [2.45, 2.75) is 12.5 Å². The molecular formula is C23H26N2O2. The molecule has 2 aromatic carbocycles. The van der Waals surface area contributed by atoms with Crippen LogP contribution in [0, 0.1) is 0 Å². The number of morpholine rings is 1. The fourth-order valence-corrected chi connectivity index (χ4v) is 3.94. The minimum Gasteiger partial charge on any atom is -0.378 e. The van der Waals surface area contributed by atoms with Gasteiger partial charge in [0.25, 0.3) is 0 Å². The SMILES string of the molecule is O=C([C@H](c1ccccc1)N1CC=C(c2ccccc2)CC1)N1CCOCC1. The number of carbonyl (C=O) groups excluding carboxylic acids is 1. The molecule has 2 heterocycles. The van der Waals surface area contributed by atoms with E-state index in [-0.39, 0.29) is 11.9 Å². The van der Waals surface area contributed by atoms with Gasteiger partial charge in [0.15, 0.2) is 0 Å². The second kappa shape index (κ2) is 8.51. The molecule has 4 rings (SSSR count). The standard InChI is InChI=1S/C23H26N2O2/c26-23(25-15-17-27-18-16-25)22(21-9-5-2-6-10-21)24-13-11-20(12-14-24)19-7-3-1-4-8-19/h1-11,22H,12-18H2/t22-/m0/s1. The molecule has 0 N–H and O–H groups in total. The topological polar surface area (TPSA) is 32.8 Å². The van der Waals surface area contributed by atoms with E-state index in [4.69, 9.17) is 4.74 Å². The Labute approximate surface area is 161 Å². The van der Waals surface area contributed by atoms with Gasteiger partial charge in [-0.3, -0.25) is 9.69 Å². The Kier molecular flexibility index (Phi) is 5.66. The van der Waals surface area contributed by atoms with Gasteiger partial charge in [0.2, 0.25) is 5.91 Å². The molecule has 0 bridgehead atoms. The normalized spacial score (nSPS) is 19.4. The number of nitrogens with zero attached hydrogens (tertiary/aromatic N) is 2. The van der Waals surface area contributed by atoms with Crippen molar-refractivity contribution >= 4 is 11.5 Å². The fraction of sp³-hybridized carbons (Fsp3) is 0.348. The lowest BCUT2D eigenvalue weighted by Gasteiger charge is -2.37. The largest absolute Gasteiger partial charge is 0.378 e. The maximum atomic E-state index is 13.4. The smallest absolute Gasteiger partial charge is 0.244 e. The van der Waals surface area contributed by atoms with Gasteiger partial charge < -0.3 is 9.64 Å². The third-order valence-electron chi connectivity index (χ3n) is 5.42. The maximum absolute atomic E-state index is 13.4. The van der Waals surface area contributed by atoms with Crippen LogP contribution in [-0.2, 0) is 9.53 Å². The molecular weight excluding hydrogens is 336 g/mol. The maximum Gasteiger partial charge on any atom is 0.244 e. The fourth-order valence-electron chi connectivity index (χ4n) is 3.94. The van der Waals surface area contributed by atoms with Crippen molar-refractivity contribution in [3.8, 4) is 0 Å². The molecule has 1 saturated heterocycles. The summed E-state index contributed by atoms with van der Waals surface area (Å²) in [6, 6.07) is 20.5. The quantitative estimate of drug-likeness (QED) is 0.836. The molecule has 0 unspecified atom stereocenters. The summed E-state index contributed by atoms with van der Waals surface area (Å²) in [5, 5.41) is 0. The Morgan fingerprint density at radius 2 is 1.56 bits per heavy atom. The van der Waals surface area contributed by atoms with Crippen LogP contribution in [0.25, 0.3) is 5.57 Å². The average Bonchev–Trinajstić information content (AvgIpc) is 2.76. The summed E-state index contributed by atoms with van der Waals surface area (Å²) in [5.74, 6) is 0.195. The number of amides is 1. The summed E-state index contributed by atoms with van der Waals surface area (Å²) in [7, 11) is 0. The van der Waals surface area contributed by atoms with Gasteiger partial charge in [-0.2, -0.15) is 0 Å². The van der Waals surface area contributed by atoms with Gasteiger partial charge >= 0.3 is 0 Å². The highest BCUT2D eigenvalue weighted by Crippen LogP contribution is 2.29. The first-order valence-corrected chi connectivity index (χ1v) is 9.73. The molecule has 2 aliphatic heterocycles. The third-order valence-corrected chi connectivity index (χ3v) is 5.42. The molecule has 0 saturated carbocycles. The molecule has 0 spiro atoms. The van der Waals surface area contributed by atoms with Crippen LogP contribution in [0.5, 0.6) is 0 Å². The summed E-state index contributed by atoms with van der Waals surface area (Å²) in [4.78, 5) is 17.6. The predicted octanol–water partition coefficient (Wildman–Crippen LogP) is 3.38. The van der Waals surface area contributed by atoms with Crippen LogP contribution in [0.1, 0.15) is 23.6 Å². The van der Waals surface area contributed by atoms with Crippen LogP contribution in [0.4, 0.5) is 0 Å². The second-order valence-corrected chi connectivity index (χ2v) is 7.09. The Balaban J connectivity index is 1.56. The van der Waals surface area contributed by atoms with E-state index in [9.17, 15) is 4.79 Å². The molecule has 2 aromatic rings. The number of hydrogen-bond acceptors (Lipinski definition) is 3. The Morgan fingerprint density at radius 3 is 2.19 bits per heavy atom. The van der Waals surface area contributed by atoms with Gasteiger partial charge in [0.05, 0.1) is 13.2 Å². The molecule has 0 aromatic heterocycles. The third kappa shape index (κ3) is 4.12. The van der Waals surface area contributed by atoms with Crippen molar-refractivity contribution in [3.63, 3.8) is 0 Å². The molecule has 27 heavy (non-hydrogen) atoms. The number of hydrogen-bond donors (Lipinski definition) is 0. The molecule has 1 amide bonds. The van der Waals surface area contributed by atoms with Crippen molar-refractivity contribution in [1.29, 1.82) is 0 Å². The molecule has 0 radical (unpaired) electrons. The summed E-state index contributed by atoms with van der Waals surface area (Å²) >= 11 is 0. The summed E-state index contributed by atoms with van der Waals surface area (Å²) < 4.78 is 5.43. The van der Waals surface area contributed by atoms with Crippen molar-refractivity contribution in [1.82, 2.24) is 9.80 Å². The van der Waals surface area contributed by atoms with Gasteiger partial charge in [-0.25, -0.2) is 0 Å². The lowest BCUT2D eigenvalue weighted by molar-refractivity contribution is -0.141. The summed E-state index contributed by atoms with van der Waals surface area (Å²) in [6.07, 6.45) is 3.24. The zero-order valence-electron chi connectivity index (χ0n) is 15.6. The van der Waals surface area contributed by atoms with Gasteiger partial charge in [-0.1, -0.05) is 66.7 Å². The van der Waals surface area contributed by atoms with E-state index in [1.165, 1.54) is 11.1 Å². The van der Waals surface area contributed by atoms with Crippen LogP contribution < -0.4 is 0 Å². The van der Waals surface area contributed by atoms with Crippen molar-refractivity contribution in [3.05, 3.63) is 77.9 Å². The highest BCUT2D eigenvalue weighted by molar-refractivity contribution is 5.83. The van der Waals surface area contributed by atoms with E-state index < -0.39 is 0 Å². The van der Waals surface area contributed by atoms with Gasteiger partial charge in [-0.15, -0.1) is 0 Å². The predicted molar refractivity (Wildman–Crippen MR) is 107 cm³/mol. The average molecular weight is 362 g/mol. The van der Waals surface area contributed by atoms with Gasteiger partial charge in [0, 0.05) is 26.2 Å². The van der Waals surface area contributed by atoms with E-state index in [2.05, 4.69) is 47.4 Å². The first-order valence-electron chi connectivity index (χ1n) is 9.73.